The molecular formula is C17H28O. The fourth-order valence-corrected chi connectivity index (χ4v) is 2.28. The molecular weight excluding hydrogens is 220 g/mol. The molecule has 0 radical (unpaired) electrons. The smallest absolute Gasteiger partial charge is 0.0543 e. The van der Waals surface area contributed by atoms with Gasteiger partial charge in [0.05, 0.1) is 6.10 Å². The Morgan fingerprint density at radius 3 is 2.28 bits per heavy atom. The van der Waals surface area contributed by atoms with Crippen molar-refractivity contribution in [2.75, 3.05) is 0 Å². The summed E-state index contributed by atoms with van der Waals surface area (Å²) in [5, 5.41) is 9.91. The third-order valence-electron chi connectivity index (χ3n) is 3.50. The van der Waals surface area contributed by atoms with Crippen molar-refractivity contribution in [2.45, 2.75) is 70.8 Å². The topological polar surface area (TPSA) is 20.2 Å². The number of rotatable bonds is 10. The molecule has 0 heterocycles. The fourth-order valence-electron chi connectivity index (χ4n) is 2.28. The summed E-state index contributed by atoms with van der Waals surface area (Å²) < 4.78 is 0. The lowest BCUT2D eigenvalue weighted by Crippen LogP contribution is -2.07. The molecule has 0 bridgehead atoms. The number of hydrogen-bond donors (Lipinski definition) is 1. The number of hydrogen-bond acceptors (Lipinski definition) is 1. The molecule has 0 saturated carbocycles. The maximum absolute atomic E-state index is 9.91. The van der Waals surface area contributed by atoms with Gasteiger partial charge in [0.25, 0.3) is 0 Å². The molecule has 102 valence electrons. The predicted molar refractivity (Wildman–Crippen MR) is 78.8 cm³/mol. The first kappa shape index (κ1) is 15.2. The fraction of sp³-hybridized carbons (Fsp3) is 0.647. The molecule has 1 N–H and O–H groups in total. The van der Waals surface area contributed by atoms with Gasteiger partial charge in [0.15, 0.2) is 0 Å². The van der Waals surface area contributed by atoms with Gasteiger partial charge in [-0.05, 0) is 24.8 Å². The average Bonchev–Trinajstić information content (AvgIpc) is 2.41. The highest BCUT2D eigenvalue weighted by molar-refractivity contribution is 5.14. The van der Waals surface area contributed by atoms with E-state index in [2.05, 4.69) is 31.2 Å². The van der Waals surface area contributed by atoms with Gasteiger partial charge in [0.1, 0.15) is 0 Å². The van der Waals surface area contributed by atoms with Crippen LogP contribution in [-0.2, 0) is 6.42 Å². The minimum absolute atomic E-state index is 0.114. The minimum atomic E-state index is -0.114. The monoisotopic (exact) mass is 248 g/mol. The number of aryl methyl sites for hydroxylation is 1. The quantitative estimate of drug-likeness (QED) is 0.593. The van der Waals surface area contributed by atoms with E-state index in [4.69, 9.17) is 0 Å². The molecule has 1 aromatic rings. The van der Waals surface area contributed by atoms with E-state index in [-0.39, 0.29) is 6.10 Å². The molecule has 1 rings (SSSR count). The molecule has 0 unspecified atom stereocenters. The summed E-state index contributed by atoms with van der Waals surface area (Å²) in [7, 11) is 0. The van der Waals surface area contributed by atoms with Crippen LogP contribution < -0.4 is 0 Å². The van der Waals surface area contributed by atoms with Crippen LogP contribution in [0.2, 0.25) is 0 Å². The van der Waals surface area contributed by atoms with Crippen molar-refractivity contribution in [1.82, 2.24) is 0 Å². The summed E-state index contributed by atoms with van der Waals surface area (Å²) in [4.78, 5) is 0. The van der Waals surface area contributed by atoms with Crippen molar-refractivity contribution in [1.29, 1.82) is 0 Å². The van der Waals surface area contributed by atoms with Gasteiger partial charge in [-0.3, -0.25) is 0 Å². The van der Waals surface area contributed by atoms with E-state index in [9.17, 15) is 5.11 Å². The highest BCUT2D eigenvalue weighted by atomic mass is 16.3. The van der Waals surface area contributed by atoms with Crippen molar-refractivity contribution in [3.05, 3.63) is 35.9 Å². The Balaban J connectivity index is 1.99. The third-order valence-corrected chi connectivity index (χ3v) is 3.50. The zero-order chi connectivity index (χ0) is 13.1. The molecule has 0 amide bonds. The molecule has 0 aliphatic rings. The summed E-state index contributed by atoms with van der Waals surface area (Å²) in [6.45, 7) is 2.24. The van der Waals surface area contributed by atoms with Crippen LogP contribution in [0, 0.1) is 0 Å². The maximum atomic E-state index is 9.91. The van der Waals surface area contributed by atoms with E-state index in [1.807, 2.05) is 6.07 Å². The summed E-state index contributed by atoms with van der Waals surface area (Å²) in [5.74, 6) is 0. The Kier molecular flexibility index (Phi) is 8.58. The summed E-state index contributed by atoms with van der Waals surface area (Å²) in [5.41, 5.74) is 1.33. The summed E-state index contributed by atoms with van der Waals surface area (Å²) in [6.07, 6.45) is 10.6. The van der Waals surface area contributed by atoms with Crippen molar-refractivity contribution >= 4 is 0 Å². The number of aliphatic hydroxyl groups is 1. The number of unbranched alkanes of at least 4 members (excludes halogenated alkanes) is 5. The van der Waals surface area contributed by atoms with Gasteiger partial charge in [0.2, 0.25) is 0 Å². The predicted octanol–water partition coefficient (Wildman–Crippen LogP) is 4.73. The van der Waals surface area contributed by atoms with Crippen molar-refractivity contribution in [3.63, 3.8) is 0 Å². The van der Waals surface area contributed by atoms with Crippen molar-refractivity contribution < 1.29 is 5.11 Å². The molecule has 1 nitrogen and oxygen atoms in total. The first-order valence-electron chi connectivity index (χ1n) is 7.55. The minimum Gasteiger partial charge on any atom is -0.393 e. The second-order valence-corrected chi connectivity index (χ2v) is 5.23. The van der Waals surface area contributed by atoms with E-state index in [1.165, 1.54) is 44.1 Å². The normalized spacial score (nSPS) is 12.6. The molecule has 0 spiro atoms. The maximum Gasteiger partial charge on any atom is 0.0543 e. The first-order chi connectivity index (χ1) is 8.83. The second-order valence-electron chi connectivity index (χ2n) is 5.23. The Morgan fingerprint density at radius 1 is 0.889 bits per heavy atom. The SMILES string of the molecule is CCCCCCCC[C@H](O)CCc1ccccc1. The van der Waals surface area contributed by atoms with Crippen LogP contribution in [0.25, 0.3) is 0 Å². The Labute approximate surface area is 112 Å². The summed E-state index contributed by atoms with van der Waals surface area (Å²) in [6, 6.07) is 10.4. The van der Waals surface area contributed by atoms with Gasteiger partial charge < -0.3 is 5.11 Å². The van der Waals surface area contributed by atoms with Crippen LogP contribution in [0.4, 0.5) is 0 Å². The lowest BCUT2D eigenvalue weighted by Gasteiger charge is -2.10. The Morgan fingerprint density at radius 2 is 1.56 bits per heavy atom. The van der Waals surface area contributed by atoms with Crippen LogP contribution in [0.15, 0.2) is 30.3 Å². The lowest BCUT2D eigenvalue weighted by molar-refractivity contribution is 0.151. The van der Waals surface area contributed by atoms with E-state index in [1.54, 1.807) is 0 Å². The Bertz CT molecular complexity index is 281. The van der Waals surface area contributed by atoms with Gasteiger partial charge in [-0.15, -0.1) is 0 Å². The molecule has 1 heteroatoms. The molecule has 0 saturated heterocycles. The van der Waals surface area contributed by atoms with Crippen molar-refractivity contribution in [3.8, 4) is 0 Å². The summed E-state index contributed by atoms with van der Waals surface area (Å²) >= 11 is 0. The highest BCUT2D eigenvalue weighted by Crippen LogP contribution is 2.12. The van der Waals surface area contributed by atoms with E-state index in [0.29, 0.717) is 0 Å². The molecule has 1 atom stereocenters. The van der Waals surface area contributed by atoms with E-state index in [0.717, 1.165) is 19.3 Å². The molecule has 0 aliphatic carbocycles. The van der Waals surface area contributed by atoms with Crippen LogP contribution in [0.1, 0.15) is 63.9 Å². The lowest BCUT2D eigenvalue weighted by atomic mass is 10.0. The average molecular weight is 248 g/mol. The van der Waals surface area contributed by atoms with Gasteiger partial charge in [-0.2, -0.15) is 0 Å². The highest BCUT2D eigenvalue weighted by Gasteiger charge is 2.04. The van der Waals surface area contributed by atoms with E-state index < -0.39 is 0 Å². The standard InChI is InChI=1S/C17H28O/c1-2-3-4-5-6-10-13-17(18)15-14-16-11-8-7-9-12-16/h7-9,11-12,17-18H,2-6,10,13-15H2,1H3/t17-/m0/s1. The molecule has 0 aliphatic heterocycles. The number of benzene rings is 1. The van der Waals surface area contributed by atoms with Gasteiger partial charge in [0, 0.05) is 0 Å². The largest absolute Gasteiger partial charge is 0.393 e. The Hall–Kier alpha value is -0.820. The van der Waals surface area contributed by atoms with Gasteiger partial charge in [-0.1, -0.05) is 75.8 Å². The first-order valence-corrected chi connectivity index (χ1v) is 7.55. The molecule has 0 fully saturated rings. The zero-order valence-corrected chi connectivity index (χ0v) is 11.8. The second kappa shape index (κ2) is 10.1. The third kappa shape index (κ3) is 7.50. The van der Waals surface area contributed by atoms with Crippen LogP contribution >= 0.6 is 0 Å². The number of aliphatic hydroxyl groups excluding tert-OH is 1. The van der Waals surface area contributed by atoms with Gasteiger partial charge >= 0.3 is 0 Å². The van der Waals surface area contributed by atoms with Crippen LogP contribution in [-0.4, -0.2) is 11.2 Å². The zero-order valence-electron chi connectivity index (χ0n) is 11.8. The molecule has 0 aromatic heterocycles. The van der Waals surface area contributed by atoms with Gasteiger partial charge in [-0.25, -0.2) is 0 Å². The van der Waals surface area contributed by atoms with E-state index >= 15 is 0 Å². The van der Waals surface area contributed by atoms with Crippen LogP contribution in [0.5, 0.6) is 0 Å². The molecule has 18 heavy (non-hydrogen) atoms. The van der Waals surface area contributed by atoms with Crippen LogP contribution in [0.3, 0.4) is 0 Å². The molecule has 1 aromatic carbocycles. The van der Waals surface area contributed by atoms with Crippen molar-refractivity contribution in [2.24, 2.45) is 0 Å².